The maximum absolute atomic E-state index is 12.4. The number of unbranched alkanes of at least 4 members (excludes halogenated alkanes) is 2. The first kappa shape index (κ1) is 50.0. The van der Waals surface area contributed by atoms with E-state index in [-0.39, 0.29) is 32.2 Å². The van der Waals surface area contributed by atoms with Gasteiger partial charge in [-0.15, -0.1) is 5.06 Å². The molecule has 23 heteroatoms. The number of amides is 2. The van der Waals surface area contributed by atoms with Gasteiger partial charge in [0.1, 0.15) is 16.7 Å². The predicted molar refractivity (Wildman–Crippen MR) is 221 cm³/mol. The van der Waals surface area contributed by atoms with Crippen molar-refractivity contribution in [3.63, 3.8) is 0 Å². The van der Waals surface area contributed by atoms with E-state index in [2.05, 4.69) is 23.3 Å². The van der Waals surface area contributed by atoms with Gasteiger partial charge in [-0.2, -0.15) is 13.2 Å². The van der Waals surface area contributed by atoms with E-state index in [1.54, 1.807) is 29.2 Å². The van der Waals surface area contributed by atoms with Crippen molar-refractivity contribution in [2.24, 2.45) is 0 Å². The number of carbonyl (C=O) groups excluding carboxylic acids is 3. The average Bonchev–Trinajstić information content (AvgIpc) is 3.74. The fourth-order valence-corrected chi connectivity index (χ4v) is 9.74. The zero-order valence-electron chi connectivity index (χ0n) is 34.5. The highest BCUT2D eigenvalue weighted by Crippen LogP contribution is 2.51. The number of anilines is 1. The van der Waals surface area contributed by atoms with Crippen LogP contribution in [-0.2, 0) is 69.0 Å². The summed E-state index contributed by atoms with van der Waals surface area (Å²) in [7, 11) is -9.44. The van der Waals surface area contributed by atoms with Gasteiger partial charge in [0.25, 0.3) is 11.8 Å². The SMILES string of the molecule is CC1(C)C(/C=C/C=C/C=C2\N(CCCS(=O)(=O)[O-])c3ccc(S(=O)(=O)[O-])cc3C2(C)CCCCCC(=O)ON2C(=O)CCC2=O)=[N+](CCCSOO[O-])c2ccc(SOO[O-])cc21. The standard InChI is InChI=1S/C40H49N3O16S4/c1-39(2)30-26-28(61-59-57-48)15-17-32(30)41(22-10-24-60-58-56-47)34(39)12-6-4-7-13-35-40(3,21-9-5-8-14-38(46)55-43-36(44)19-20-37(43)45)31-27-29(63(52,53)54)16-18-33(31)42(35)23-11-25-62(49,50)51/h4,6-7,12-13,15-18,26-27H,5,8-11,14,19-25H2,1-3H3,(H3-,47,48,49,50,51,52,53,54)/p-3. The lowest BCUT2D eigenvalue weighted by molar-refractivity contribution is -0.777. The van der Waals surface area contributed by atoms with Crippen LogP contribution < -0.4 is 15.4 Å². The van der Waals surface area contributed by atoms with Gasteiger partial charge in [-0.25, -0.2) is 21.6 Å². The maximum Gasteiger partial charge on any atom is 0.333 e. The number of fused-ring (bicyclic) bond motifs is 2. The summed E-state index contributed by atoms with van der Waals surface area (Å²) < 4.78 is 82.6. The van der Waals surface area contributed by atoms with E-state index in [9.17, 15) is 50.8 Å². The third-order valence-corrected chi connectivity index (χ3v) is 13.8. The number of hydrogen-bond donors (Lipinski definition) is 0. The zero-order valence-corrected chi connectivity index (χ0v) is 37.8. The molecule has 2 amide bonds. The molecule has 1 saturated heterocycles. The number of hydroxylamine groups is 2. The van der Waals surface area contributed by atoms with E-state index in [1.165, 1.54) is 18.2 Å². The van der Waals surface area contributed by atoms with Gasteiger partial charge in [0.15, 0.2) is 5.71 Å². The van der Waals surface area contributed by atoms with E-state index in [0.717, 1.165) is 41.0 Å². The molecule has 19 nitrogen and oxygen atoms in total. The molecule has 1 fully saturated rings. The molecule has 1 atom stereocenters. The molecule has 0 saturated carbocycles. The summed E-state index contributed by atoms with van der Waals surface area (Å²) in [6, 6.07) is 9.57. The topological polar surface area (TPSA) is 267 Å². The van der Waals surface area contributed by atoms with E-state index in [0.29, 0.717) is 71.3 Å². The molecule has 3 aliphatic rings. The molecule has 1 unspecified atom stereocenters. The second-order valence-electron chi connectivity index (χ2n) is 15.5. The van der Waals surface area contributed by atoms with Crippen LogP contribution in [0.15, 0.2) is 82.3 Å². The summed E-state index contributed by atoms with van der Waals surface area (Å²) in [6.45, 7) is 6.55. The van der Waals surface area contributed by atoms with Crippen molar-refractivity contribution in [3.05, 3.63) is 83.6 Å². The molecule has 63 heavy (non-hydrogen) atoms. The Labute approximate surface area is 373 Å². The van der Waals surface area contributed by atoms with Crippen LogP contribution >= 0.6 is 24.1 Å². The summed E-state index contributed by atoms with van der Waals surface area (Å²) in [5, 5.41) is 28.2. The van der Waals surface area contributed by atoms with Gasteiger partial charge in [-0.1, -0.05) is 31.1 Å². The van der Waals surface area contributed by atoms with Crippen LogP contribution in [0.3, 0.4) is 0 Å². The minimum absolute atomic E-state index is 0.0325. The largest absolute Gasteiger partial charge is 0.748 e. The number of imide groups is 1. The number of allylic oxidation sites excluding steroid dienone is 6. The molecule has 0 spiro atoms. The third kappa shape index (κ3) is 12.6. The van der Waals surface area contributed by atoms with E-state index < -0.39 is 59.5 Å². The van der Waals surface area contributed by atoms with Gasteiger partial charge >= 0.3 is 5.97 Å². The van der Waals surface area contributed by atoms with Gasteiger partial charge in [0, 0.05) is 95.2 Å². The van der Waals surface area contributed by atoms with Crippen LogP contribution in [0.2, 0.25) is 0 Å². The Bertz CT molecular complexity index is 2370. The molecule has 0 aromatic heterocycles. The highest BCUT2D eigenvalue weighted by molar-refractivity contribution is 7.94. The molecule has 2 aromatic rings. The van der Waals surface area contributed by atoms with Crippen molar-refractivity contribution in [2.45, 2.75) is 99.2 Å². The van der Waals surface area contributed by atoms with Crippen molar-refractivity contribution in [2.75, 3.05) is 29.5 Å². The van der Waals surface area contributed by atoms with Crippen molar-refractivity contribution in [1.29, 1.82) is 0 Å². The van der Waals surface area contributed by atoms with Gasteiger partial charge in [0.2, 0.25) is 5.69 Å². The van der Waals surface area contributed by atoms with Crippen molar-refractivity contribution < 1.29 is 79.0 Å². The normalized spacial score (nSPS) is 19.4. The minimum atomic E-state index is -4.88. The predicted octanol–water partition coefficient (Wildman–Crippen LogP) is 3.73. The molecular formula is C40H46N3O16S4-3. The maximum atomic E-state index is 12.4. The first-order valence-corrected chi connectivity index (χ1v) is 24.4. The van der Waals surface area contributed by atoms with Gasteiger partial charge in [-0.3, -0.25) is 19.7 Å². The minimum Gasteiger partial charge on any atom is -0.748 e. The van der Waals surface area contributed by atoms with Crippen LogP contribution in [0.25, 0.3) is 0 Å². The highest BCUT2D eigenvalue weighted by atomic mass is 32.2. The molecule has 5 rings (SSSR count). The lowest BCUT2D eigenvalue weighted by atomic mass is 9.77. The summed E-state index contributed by atoms with van der Waals surface area (Å²) in [5.74, 6) is -2.11. The first-order chi connectivity index (χ1) is 29.8. The lowest BCUT2D eigenvalue weighted by Crippen LogP contribution is -2.32. The van der Waals surface area contributed by atoms with Crippen LogP contribution in [-0.4, -0.2) is 83.7 Å². The quantitative estimate of drug-likeness (QED) is 0.0212. The first-order valence-electron chi connectivity index (χ1n) is 19.8. The molecule has 3 heterocycles. The van der Waals surface area contributed by atoms with Crippen molar-refractivity contribution in [1.82, 2.24) is 5.06 Å². The van der Waals surface area contributed by atoms with E-state index in [4.69, 9.17) is 4.84 Å². The van der Waals surface area contributed by atoms with E-state index >= 15 is 0 Å². The fourth-order valence-electron chi connectivity index (χ4n) is 8.01. The van der Waals surface area contributed by atoms with Crippen LogP contribution in [0, 0.1) is 0 Å². The third-order valence-electron chi connectivity index (χ3n) is 11.0. The molecule has 0 N–H and O–H groups in total. The van der Waals surface area contributed by atoms with Gasteiger partial charge in [-0.05, 0) is 82.0 Å². The average molecular weight is 953 g/mol. The molecule has 2 aromatic carbocycles. The molecule has 3 aliphatic heterocycles. The monoisotopic (exact) mass is 952 g/mol. The number of carbonyl (C=O) groups is 3. The Morgan fingerprint density at radius 1 is 0.873 bits per heavy atom. The van der Waals surface area contributed by atoms with Crippen LogP contribution in [0.1, 0.15) is 89.7 Å². The zero-order chi connectivity index (χ0) is 46.0. The number of benzene rings is 2. The van der Waals surface area contributed by atoms with E-state index in [1.807, 2.05) is 45.1 Å². The number of hydrogen-bond acceptors (Lipinski definition) is 19. The Kier molecular flexibility index (Phi) is 17.3. The summed E-state index contributed by atoms with van der Waals surface area (Å²) in [6.07, 6.45) is 11.2. The lowest BCUT2D eigenvalue weighted by Gasteiger charge is -2.31. The molecule has 0 bridgehead atoms. The smallest absolute Gasteiger partial charge is 0.333 e. The molecule has 0 aliphatic carbocycles. The number of rotatable bonds is 24. The second-order valence-corrected chi connectivity index (χ2v) is 20.0. The Morgan fingerprint density at radius 3 is 2.29 bits per heavy atom. The summed E-state index contributed by atoms with van der Waals surface area (Å²) >= 11 is 1.65. The fraction of sp³-hybridized carbons (Fsp3) is 0.450. The molecule has 0 radical (unpaired) electrons. The van der Waals surface area contributed by atoms with Crippen molar-refractivity contribution in [3.8, 4) is 0 Å². The second kappa shape index (κ2) is 21.8. The Morgan fingerprint density at radius 2 is 1.60 bits per heavy atom. The summed E-state index contributed by atoms with van der Waals surface area (Å²) in [5.41, 5.74) is 2.93. The van der Waals surface area contributed by atoms with Crippen molar-refractivity contribution >= 4 is 79.2 Å². The van der Waals surface area contributed by atoms with Gasteiger partial charge in [0.05, 0.1) is 32.5 Å². The van der Waals surface area contributed by atoms with Crippen LogP contribution in [0.4, 0.5) is 11.4 Å². The summed E-state index contributed by atoms with van der Waals surface area (Å²) in [4.78, 5) is 43.1. The van der Waals surface area contributed by atoms with Crippen LogP contribution in [0.5, 0.6) is 0 Å². The molecular weight excluding hydrogens is 907 g/mol. The number of nitrogens with zero attached hydrogens (tertiary/aromatic N) is 3. The highest BCUT2D eigenvalue weighted by Gasteiger charge is 2.45. The Hall–Kier alpha value is -3.98. The van der Waals surface area contributed by atoms with Gasteiger partial charge < -0.3 is 29.4 Å². The Balaban J connectivity index is 1.44. The molecule has 344 valence electrons.